The van der Waals surface area contributed by atoms with Crippen LogP contribution in [-0.2, 0) is 14.3 Å². The molecule has 0 bridgehead atoms. The summed E-state index contributed by atoms with van der Waals surface area (Å²) in [5.74, 6) is -0.343. The third-order valence-electron chi connectivity index (χ3n) is 5.87. The van der Waals surface area contributed by atoms with Crippen LogP contribution in [0, 0.1) is 6.92 Å². The highest BCUT2D eigenvalue weighted by atomic mass is 32.1. The third-order valence-corrected chi connectivity index (χ3v) is 6.55. The Labute approximate surface area is 190 Å². The molecule has 0 aliphatic carbocycles. The standard InChI is InChI=1S/C23H26N4O4S/c1-15-4-5-17(12-19(15)18-6-11-32-14-18)22-27(23(24)30)20(13-31-22)21(29)26-8-3-7-25(9-10-26)16(2)28/h4-6,11-14,22H,3,7-10H2,1-2H3,(H2,24,30). The van der Waals surface area contributed by atoms with Gasteiger partial charge >= 0.3 is 6.03 Å². The van der Waals surface area contributed by atoms with Gasteiger partial charge < -0.3 is 20.3 Å². The van der Waals surface area contributed by atoms with Gasteiger partial charge in [0.2, 0.25) is 12.1 Å². The number of carbonyl (C=O) groups excluding carboxylic acids is 3. The Morgan fingerprint density at radius 1 is 1.09 bits per heavy atom. The summed E-state index contributed by atoms with van der Waals surface area (Å²) in [4.78, 5) is 41.9. The van der Waals surface area contributed by atoms with Gasteiger partial charge in [0.05, 0.1) is 0 Å². The summed E-state index contributed by atoms with van der Waals surface area (Å²) in [5.41, 5.74) is 9.74. The average molecular weight is 455 g/mol. The van der Waals surface area contributed by atoms with Crippen LogP contribution < -0.4 is 5.73 Å². The molecule has 0 saturated carbocycles. The first-order valence-electron chi connectivity index (χ1n) is 10.5. The second kappa shape index (κ2) is 9.04. The van der Waals surface area contributed by atoms with Crippen LogP contribution in [0.5, 0.6) is 0 Å². The number of nitrogens with two attached hydrogens (primary N) is 1. The van der Waals surface area contributed by atoms with E-state index in [9.17, 15) is 14.4 Å². The molecule has 1 saturated heterocycles. The van der Waals surface area contributed by atoms with E-state index in [2.05, 4.69) is 5.38 Å². The fourth-order valence-corrected chi connectivity index (χ4v) is 4.76. The van der Waals surface area contributed by atoms with Crippen molar-refractivity contribution in [2.24, 2.45) is 5.73 Å². The number of carbonyl (C=O) groups is 3. The molecule has 2 aromatic rings. The predicted molar refractivity (Wildman–Crippen MR) is 121 cm³/mol. The number of benzene rings is 1. The summed E-state index contributed by atoms with van der Waals surface area (Å²) in [7, 11) is 0. The third kappa shape index (κ3) is 4.20. The molecule has 0 radical (unpaired) electrons. The number of nitrogens with zero attached hydrogens (tertiary/aromatic N) is 3. The number of urea groups is 1. The molecule has 168 valence electrons. The number of thiophene rings is 1. The maximum absolute atomic E-state index is 13.3. The molecule has 4 rings (SSSR count). The van der Waals surface area contributed by atoms with Crippen molar-refractivity contribution in [1.29, 1.82) is 0 Å². The predicted octanol–water partition coefficient (Wildman–Crippen LogP) is 3.06. The maximum atomic E-state index is 13.3. The number of aryl methyl sites for hydroxylation is 1. The summed E-state index contributed by atoms with van der Waals surface area (Å²) < 4.78 is 5.79. The highest BCUT2D eigenvalue weighted by Gasteiger charge is 2.39. The van der Waals surface area contributed by atoms with Crippen LogP contribution in [0.1, 0.15) is 30.7 Å². The van der Waals surface area contributed by atoms with E-state index in [1.165, 1.54) is 18.1 Å². The average Bonchev–Trinajstić information content (AvgIpc) is 3.38. The van der Waals surface area contributed by atoms with Gasteiger partial charge in [-0.1, -0.05) is 12.1 Å². The molecule has 9 heteroatoms. The maximum Gasteiger partial charge on any atom is 0.322 e. The van der Waals surface area contributed by atoms with Crippen LogP contribution in [0.3, 0.4) is 0 Å². The van der Waals surface area contributed by atoms with E-state index < -0.39 is 12.3 Å². The van der Waals surface area contributed by atoms with E-state index in [0.29, 0.717) is 32.6 Å². The second-order valence-corrected chi connectivity index (χ2v) is 8.72. The Morgan fingerprint density at radius 2 is 1.84 bits per heavy atom. The van der Waals surface area contributed by atoms with Crippen molar-refractivity contribution >= 4 is 29.2 Å². The van der Waals surface area contributed by atoms with Gasteiger partial charge in [-0.05, 0) is 52.9 Å². The summed E-state index contributed by atoms with van der Waals surface area (Å²) in [6.07, 6.45) is 1.17. The lowest BCUT2D eigenvalue weighted by molar-refractivity contribution is -0.131. The molecule has 2 aliphatic heterocycles. The summed E-state index contributed by atoms with van der Waals surface area (Å²) in [5, 5.41) is 4.07. The van der Waals surface area contributed by atoms with Crippen molar-refractivity contribution in [2.75, 3.05) is 26.2 Å². The number of hydrogen-bond acceptors (Lipinski definition) is 5. The van der Waals surface area contributed by atoms with Crippen molar-refractivity contribution in [1.82, 2.24) is 14.7 Å². The molecule has 1 aromatic heterocycles. The minimum absolute atomic E-state index is 0.0117. The van der Waals surface area contributed by atoms with Gasteiger partial charge in [0.15, 0.2) is 0 Å². The molecular weight excluding hydrogens is 428 g/mol. The zero-order chi connectivity index (χ0) is 22.8. The molecule has 1 unspecified atom stereocenters. The first-order chi connectivity index (χ1) is 15.4. The lowest BCUT2D eigenvalue weighted by Gasteiger charge is -2.27. The molecule has 0 spiro atoms. The van der Waals surface area contributed by atoms with E-state index in [0.717, 1.165) is 22.3 Å². The highest BCUT2D eigenvalue weighted by molar-refractivity contribution is 7.08. The zero-order valence-electron chi connectivity index (χ0n) is 18.1. The fraction of sp³-hybridized carbons (Fsp3) is 0.348. The Morgan fingerprint density at radius 3 is 2.53 bits per heavy atom. The fourth-order valence-electron chi connectivity index (χ4n) is 4.11. The van der Waals surface area contributed by atoms with E-state index in [-0.39, 0.29) is 17.5 Å². The van der Waals surface area contributed by atoms with Gasteiger partial charge in [0.1, 0.15) is 12.0 Å². The SMILES string of the molecule is CC(=O)N1CCCN(C(=O)C2=COC(c3ccc(C)c(-c4ccsc4)c3)N2C(N)=O)CC1. The van der Waals surface area contributed by atoms with Crippen molar-refractivity contribution in [3.05, 3.63) is 58.1 Å². The Hall–Kier alpha value is -3.33. The monoisotopic (exact) mass is 454 g/mol. The number of rotatable bonds is 3. The summed E-state index contributed by atoms with van der Waals surface area (Å²) >= 11 is 1.61. The number of hydrogen-bond donors (Lipinski definition) is 1. The first-order valence-corrected chi connectivity index (χ1v) is 11.4. The first kappa shape index (κ1) is 21.9. The molecule has 2 aliphatic rings. The van der Waals surface area contributed by atoms with Crippen LogP contribution in [0.4, 0.5) is 4.79 Å². The molecule has 3 heterocycles. The van der Waals surface area contributed by atoms with Crippen LogP contribution >= 0.6 is 11.3 Å². The van der Waals surface area contributed by atoms with Gasteiger partial charge in [0.25, 0.3) is 5.91 Å². The van der Waals surface area contributed by atoms with Gasteiger partial charge in [-0.2, -0.15) is 11.3 Å². The number of primary amides is 1. The van der Waals surface area contributed by atoms with Crippen molar-refractivity contribution in [3.8, 4) is 11.1 Å². The Balaban J connectivity index is 1.57. The van der Waals surface area contributed by atoms with Crippen molar-refractivity contribution in [2.45, 2.75) is 26.5 Å². The minimum atomic E-state index is -0.815. The molecule has 4 amide bonds. The van der Waals surface area contributed by atoms with Crippen molar-refractivity contribution in [3.63, 3.8) is 0 Å². The van der Waals surface area contributed by atoms with Crippen LogP contribution in [0.2, 0.25) is 0 Å². The molecular formula is C23H26N4O4S. The molecule has 2 N–H and O–H groups in total. The van der Waals surface area contributed by atoms with Gasteiger partial charge in [-0.15, -0.1) is 0 Å². The van der Waals surface area contributed by atoms with Crippen LogP contribution in [-0.4, -0.2) is 58.7 Å². The van der Waals surface area contributed by atoms with Gasteiger partial charge in [0, 0.05) is 38.7 Å². The van der Waals surface area contributed by atoms with E-state index in [1.807, 2.05) is 36.6 Å². The molecule has 32 heavy (non-hydrogen) atoms. The van der Waals surface area contributed by atoms with E-state index in [1.54, 1.807) is 21.1 Å². The largest absolute Gasteiger partial charge is 0.471 e. The number of ether oxygens (including phenoxy) is 1. The van der Waals surface area contributed by atoms with Crippen LogP contribution in [0.25, 0.3) is 11.1 Å². The minimum Gasteiger partial charge on any atom is -0.471 e. The lowest BCUT2D eigenvalue weighted by atomic mass is 9.99. The summed E-state index contributed by atoms with van der Waals surface area (Å²) in [6.45, 7) is 5.48. The topological polar surface area (TPSA) is 96.2 Å². The molecule has 1 fully saturated rings. The van der Waals surface area contributed by atoms with Gasteiger partial charge in [-0.25, -0.2) is 9.69 Å². The molecule has 1 aromatic carbocycles. The van der Waals surface area contributed by atoms with Crippen molar-refractivity contribution < 1.29 is 19.1 Å². The zero-order valence-corrected chi connectivity index (χ0v) is 18.9. The lowest BCUT2D eigenvalue weighted by Crippen LogP contribution is -2.43. The normalized spacial score (nSPS) is 18.8. The second-order valence-electron chi connectivity index (χ2n) is 7.94. The quantitative estimate of drug-likeness (QED) is 0.771. The Kier molecular flexibility index (Phi) is 6.18. The highest BCUT2D eigenvalue weighted by Crippen LogP contribution is 2.36. The molecule has 1 atom stereocenters. The number of amides is 4. The van der Waals surface area contributed by atoms with Crippen LogP contribution in [0.15, 0.2) is 47.0 Å². The molecule has 8 nitrogen and oxygen atoms in total. The smallest absolute Gasteiger partial charge is 0.322 e. The Bertz CT molecular complexity index is 1070. The summed E-state index contributed by atoms with van der Waals surface area (Å²) in [6, 6.07) is 7.09. The van der Waals surface area contributed by atoms with E-state index >= 15 is 0 Å². The van der Waals surface area contributed by atoms with E-state index in [4.69, 9.17) is 10.5 Å². The van der Waals surface area contributed by atoms with Gasteiger partial charge in [-0.3, -0.25) is 9.59 Å².